The van der Waals surface area contributed by atoms with Crippen molar-refractivity contribution in [1.29, 1.82) is 0 Å². The van der Waals surface area contributed by atoms with Gasteiger partial charge in [-0.2, -0.15) is 5.10 Å². The summed E-state index contributed by atoms with van der Waals surface area (Å²) in [5.74, 6) is 0.511. The molecule has 23 heavy (non-hydrogen) atoms. The molecule has 4 rings (SSSR count). The summed E-state index contributed by atoms with van der Waals surface area (Å²) < 4.78 is 7.39. The number of aromatic nitrogens is 3. The van der Waals surface area contributed by atoms with Gasteiger partial charge >= 0.3 is 0 Å². The minimum absolute atomic E-state index is 0.0115. The maximum atomic E-state index is 13.0. The fourth-order valence-electron chi connectivity index (χ4n) is 2.85. The number of fused-ring (bicyclic) bond motifs is 2. The Kier molecular flexibility index (Phi) is 3.12. The maximum Gasteiger partial charge on any atom is 0.268 e. The summed E-state index contributed by atoms with van der Waals surface area (Å²) in [7, 11) is 1.90. The van der Waals surface area contributed by atoms with E-state index in [1.165, 1.54) is 11.3 Å². The van der Waals surface area contributed by atoms with Gasteiger partial charge in [0.2, 0.25) is 5.88 Å². The molecular formula is C16H16N4O2S. The van der Waals surface area contributed by atoms with E-state index in [2.05, 4.69) is 10.1 Å². The normalized spacial score (nSPS) is 14.0. The largest absolute Gasteiger partial charge is 0.474 e. The van der Waals surface area contributed by atoms with E-state index in [-0.39, 0.29) is 5.91 Å². The number of hydrogen-bond acceptors (Lipinski definition) is 5. The molecule has 7 heteroatoms. The van der Waals surface area contributed by atoms with Crippen LogP contribution in [0.4, 0.5) is 5.69 Å². The second-order valence-corrected chi connectivity index (χ2v) is 6.71. The van der Waals surface area contributed by atoms with Crippen molar-refractivity contribution in [2.45, 2.75) is 13.8 Å². The molecule has 0 saturated heterocycles. The molecule has 0 radical (unpaired) electrons. The van der Waals surface area contributed by atoms with Gasteiger partial charge in [0.1, 0.15) is 17.1 Å². The molecule has 0 unspecified atom stereocenters. The monoisotopic (exact) mass is 328 g/mol. The molecule has 3 aromatic heterocycles. The molecule has 1 amide bonds. The van der Waals surface area contributed by atoms with Crippen molar-refractivity contribution in [3.05, 3.63) is 34.5 Å². The first-order valence-corrected chi connectivity index (χ1v) is 8.20. The van der Waals surface area contributed by atoms with E-state index in [4.69, 9.17) is 4.74 Å². The zero-order valence-corrected chi connectivity index (χ0v) is 14.0. The molecule has 1 aliphatic heterocycles. The minimum Gasteiger partial charge on any atom is -0.474 e. The lowest BCUT2D eigenvalue weighted by Crippen LogP contribution is -2.38. The Morgan fingerprint density at radius 3 is 2.96 bits per heavy atom. The van der Waals surface area contributed by atoms with Gasteiger partial charge in [0.05, 0.1) is 17.1 Å². The molecule has 0 bridgehead atoms. The van der Waals surface area contributed by atoms with E-state index < -0.39 is 0 Å². The molecule has 0 atom stereocenters. The first-order chi connectivity index (χ1) is 11.0. The second kappa shape index (κ2) is 5.06. The molecule has 0 aliphatic carbocycles. The number of nitrogens with zero attached hydrogens (tertiary/aromatic N) is 4. The van der Waals surface area contributed by atoms with Gasteiger partial charge in [0.15, 0.2) is 0 Å². The number of anilines is 1. The standard InChI is InChI=1S/C16H16N4O2S/c1-9-6-12-14(17-8-9)22-5-4-20(12)15(21)13-7-11-10(2)18-19(3)16(11)23-13/h6-8H,4-5H2,1-3H3. The Morgan fingerprint density at radius 2 is 2.17 bits per heavy atom. The van der Waals surface area contributed by atoms with E-state index in [1.807, 2.05) is 37.7 Å². The third kappa shape index (κ3) is 2.19. The van der Waals surface area contributed by atoms with Crippen molar-refractivity contribution in [2.24, 2.45) is 7.05 Å². The summed E-state index contributed by atoms with van der Waals surface area (Å²) in [6.45, 7) is 4.91. The van der Waals surface area contributed by atoms with Crippen molar-refractivity contribution in [1.82, 2.24) is 14.8 Å². The summed E-state index contributed by atoms with van der Waals surface area (Å²) in [5, 5.41) is 5.42. The molecule has 0 N–H and O–H groups in total. The van der Waals surface area contributed by atoms with E-state index >= 15 is 0 Å². The van der Waals surface area contributed by atoms with Crippen molar-refractivity contribution in [3.8, 4) is 5.88 Å². The Labute approximate surface area is 137 Å². The summed E-state index contributed by atoms with van der Waals surface area (Å²) in [6, 6.07) is 3.88. The molecule has 0 spiro atoms. The van der Waals surface area contributed by atoms with Crippen LogP contribution in [-0.2, 0) is 7.05 Å². The van der Waals surface area contributed by atoms with Gasteiger partial charge in [-0.1, -0.05) is 0 Å². The van der Waals surface area contributed by atoms with Crippen LogP contribution in [0, 0.1) is 13.8 Å². The Balaban J connectivity index is 1.77. The van der Waals surface area contributed by atoms with Gasteiger partial charge in [0.25, 0.3) is 5.91 Å². The van der Waals surface area contributed by atoms with Crippen molar-refractivity contribution >= 4 is 33.1 Å². The highest BCUT2D eigenvalue weighted by Crippen LogP contribution is 2.34. The number of carbonyl (C=O) groups excluding carboxylic acids is 1. The number of aryl methyl sites for hydroxylation is 3. The zero-order chi connectivity index (χ0) is 16.1. The SMILES string of the molecule is Cc1cnc2c(c1)N(C(=O)c1cc3c(C)nn(C)c3s1)CCO2. The lowest BCUT2D eigenvalue weighted by molar-refractivity contribution is 0.0979. The van der Waals surface area contributed by atoms with Crippen LogP contribution in [0.15, 0.2) is 18.3 Å². The van der Waals surface area contributed by atoms with Gasteiger partial charge in [-0.3, -0.25) is 14.4 Å². The fourth-order valence-corrected chi connectivity index (χ4v) is 3.93. The van der Waals surface area contributed by atoms with Crippen molar-refractivity contribution < 1.29 is 9.53 Å². The zero-order valence-electron chi connectivity index (χ0n) is 13.2. The first-order valence-electron chi connectivity index (χ1n) is 7.39. The topological polar surface area (TPSA) is 60.2 Å². The van der Waals surface area contributed by atoms with Crippen LogP contribution in [0.2, 0.25) is 0 Å². The molecule has 0 fully saturated rings. The van der Waals surface area contributed by atoms with E-state index in [1.54, 1.807) is 11.1 Å². The molecule has 3 aromatic rings. The van der Waals surface area contributed by atoms with Crippen LogP contribution < -0.4 is 9.64 Å². The first kappa shape index (κ1) is 14.2. The molecule has 0 saturated carbocycles. The molecule has 6 nitrogen and oxygen atoms in total. The number of hydrogen-bond donors (Lipinski definition) is 0. The van der Waals surface area contributed by atoms with Gasteiger partial charge < -0.3 is 4.74 Å². The summed E-state index contributed by atoms with van der Waals surface area (Å²) >= 11 is 1.47. The average molecular weight is 328 g/mol. The minimum atomic E-state index is -0.0115. The van der Waals surface area contributed by atoms with E-state index in [0.717, 1.165) is 27.2 Å². The molecule has 1 aliphatic rings. The van der Waals surface area contributed by atoms with E-state index in [9.17, 15) is 4.79 Å². The Bertz CT molecular complexity index is 893. The highest BCUT2D eigenvalue weighted by molar-refractivity contribution is 7.20. The number of carbonyl (C=O) groups is 1. The molecule has 0 aromatic carbocycles. The van der Waals surface area contributed by atoms with Gasteiger partial charge in [-0.05, 0) is 31.5 Å². The van der Waals surface area contributed by atoms with Gasteiger partial charge in [-0.15, -0.1) is 11.3 Å². The quantitative estimate of drug-likeness (QED) is 0.689. The fraction of sp³-hybridized carbons (Fsp3) is 0.312. The van der Waals surface area contributed by atoms with Crippen LogP contribution >= 0.6 is 11.3 Å². The molecular weight excluding hydrogens is 312 g/mol. The predicted molar refractivity (Wildman–Crippen MR) is 89.5 cm³/mol. The number of amides is 1. The molecule has 4 heterocycles. The third-order valence-electron chi connectivity index (χ3n) is 3.97. The lowest BCUT2D eigenvalue weighted by atomic mass is 10.2. The highest BCUT2D eigenvalue weighted by atomic mass is 32.1. The van der Waals surface area contributed by atoms with Crippen LogP contribution in [0.25, 0.3) is 10.2 Å². The molecule has 118 valence electrons. The number of rotatable bonds is 1. The predicted octanol–water partition coefficient (Wildman–Crippen LogP) is 2.69. The van der Waals surface area contributed by atoms with Crippen LogP contribution in [0.1, 0.15) is 20.9 Å². The van der Waals surface area contributed by atoms with Gasteiger partial charge in [-0.25, -0.2) is 4.98 Å². The Hall–Kier alpha value is -2.41. The highest BCUT2D eigenvalue weighted by Gasteiger charge is 2.27. The average Bonchev–Trinajstić information content (AvgIpc) is 3.08. The van der Waals surface area contributed by atoms with Crippen LogP contribution in [0.3, 0.4) is 0 Å². The Morgan fingerprint density at radius 1 is 1.35 bits per heavy atom. The van der Waals surface area contributed by atoms with Crippen LogP contribution in [-0.4, -0.2) is 33.8 Å². The van der Waals surface area contributed by atoms with Crippen molar-refractivity contribution in [2.75, 3.05) is 18.1 Å². The van der Waals surface area contributed by atoms with E-state index in [0.29, 0.717) is 23.9 Å². The van der Waals surface area contributed by atoms with Crippen molar-refractivity contribution in [3.63, 3.8) is 0 Å². The lowest BCUT2D eigenvalue weighted by Gasteiger charge is -2.28. The second-order valence-electron chi connectivity index (χ2n) is 5.68. The van der Waals surface area contributed by atoms with Crippen LogP contribution in [0.5, 0.6) is 5.88 Å². The van der Waals surface area contributed by atoms with Gasteiger partial charge in [0, 0.05) is 18.6 Å². The summed E-state index contributed by atoms with van der Waals surface area (Å²) in [6.07, 6.45) is 1.75. The smallest absolute Gasteiger partial charge is 0.268 e. The number of thiophene rings is 1. The number of pyridine rings is 1. The number of ether oxygens (including phenoxy) is 1. The summed E-state index contributed by atoms with van der Waals surface area (Å²) in [4.78, 5) is 20.8. The maximum absolute atomic E-state index is 13.0. The third-order valence-corrected chi connectivity index (χ3v) is 5.16. The summed E-state index contributed by atoms with van der Waals surface area (Å²) in [5.41, 5.74) is 2.69.